The van der Waals surface area contributed by atoms with Gasteiger partial charge >= 0.3 is 0 Å². The Labute approximate surface area is 82.6 Å². The van der Waals surface area contributed by atoms with Crippen molar-refractivity contribution in [2.24, 2.45) is 5.90 Å². The van der Waals surface area contributed by atoms with Crippen LogP contribution in [0, 0.1) is 5.82 Å². The second-order valence-corrected chi connectivity index (χ2v) is 3.04. The summed E-state index contributed by atoms with van der Waals surface area (Å²) in [6.07, 6.45) is 0.621. The maximum atomic E-state index is 12.7. The average molecular weight is 199 g/mol. The number of nitrogens with two attached hydrogens (primary N) is 1. The van der Waals surface area contributed by atoms with Gasteiger partial charge in [0.15, 0.2) is 0 Å². The van der Waals surface area contributed by atoms with E-state index < -0.39 is 0 Å². The van der Waals surface area contributed by atoms with Crippen LogP contribution in [0.4, 0.5) is 4.39 Å². The van der Waals surface area contributed by atoms with Crippen LogP contribution in [0.25, 0.3) is 0 Å². The molecule has 0 aliphatic heterocycles. The van der Waals surface area contributed by atoms with E-state index in [0.29, 0.717) is 18.8 Å². The Kier molecular flexibility index (Phi) is 4.35. The normalized spacial score (nSPS) is 12.5. The van der Waals surface area contributed by atoms with E-state index >= 15 is 0 Å². The van der Waals surface area contributed by atoms with Crippen molar-refractivity contribution in [2.45, 2.75) is 19.4 Å². The molecule has 0 spiro atoms. The molecule has 0 bridgehead atoms. The number of benzene rings is 1. The SMILES string of the molecule is CC(CCOc1cccc(F)c1)ON. The van der Waals surface area contributed by atoms with E-state index in [1.165, 1.54) is 12.1 Å². The molecule has 78 valence electrons. The van der Waals surface area contributed by atoms with Gasteiger partial charge in [0.2, 0.25) is 0 Å². The lowest BCUT2D eigenvalue weighted by Gasteiger charge is -2.09. The van der Waals surface area contributed by atoms with Crippen LogP contribution in [0.3, 0.4) is 0 Å². The first-order valence-corrected chi connectivity index (χ1v) is 4.46. The molecule has 3 nitrogen and oxygen atoms in total. The molecule has 1 aromatic rings. The maximum Gasteiger partial charge on any atom is 0.126 e. The molecule has 4 heteroatoms. The molecule has 0 amide bonds. The van der Waals surface area contributed by atoms with E-state index in [1.54, 1.807) is 12.1 Å². The fourth-order valence-electron chi connectivity index (χ4n) is 0.968. The Bertz CT molecular complexity index is 281. The van der Waals surface area contributed by atoms with Gasteiger partial charge in [-0.2, -0.15) is 0 Å². The summed E-state index contributed by atoms with van der Waals surface area (Å²) in [7, 11) is 0. The number of rotatable bonds is 5. The summed E-state index contributed by atoms with van der Waals surface area (Å²) in [6.45, 7) is 2.30. The Morgan fingerprint density at radius 2 is 2.29 bits per heavy atom. The minimum atomic E-state index is -0.300. The molecular weight excluding hydrogens is 185 g/mol. The topological polar surface area (TPSA) is 44.5 Å². The van der Waals surface area contributed by atoms with Gasteiger partial charge in [-0.05, 0) is 19.1 Å². The van der Waals surface area contributed by atoms with Crippen molar-refractivity contribution < 1.29 is 14.0 Å². The van der Waals surface area contributed by atoms with Crippen LogP contribution in [0.15, 0.2) is 24.3 Å². The van der Waals surface area contributed by atoms with Gasteiger partial charge in [0.1, 0.15) is 11.6 Å². The molecule has 1 unspecified atom stereocenters. The molecule has 1 rings (SSSR count). The van der Waals surface area contributed by atoms with Gasteiger partial charge in [0.05, 0.1) is 12.7 Å². The molecule has 0 saturated carbocycles. The van der Waals surface area contributed by atoms with Crippen LogP contribution in [0.1, 0.15) is 13.3 Å². The summed E-state index contributed by atoms with van der Waals surface area (Å²) in [5, 5.41) is 0. The van der Waals surface area contributed by atoms with Gasteiger partial charge < -0.3 is 9.57 Å². The Balaban J connectivity index is 2.31. The summed E-state index contributed by atoms with van der Waals surface area (Å²) < 4.78 is 18.0. The standard InChI is InChI=1S/C10H14FNO2/c1-8(14-12)5-6-13-10-4-2-3-9(11)7-10/h2-4,7-8H,5-6,12H2,1H3. The van der Waals surface area contributed by atoms with Crippen LogP contribution in [-0.4, -0.2) is 12.7 Å². The highest BCUT2D eigenvalue weighted by Gasteiger charge is 2.01. The molecule has 0 aliphatic carbocycles. The molecular formula is C10H14FNO2. The first kappa shape index (κ1) is 10.9. The highest BCUT2D eigenvalue weighted by atomic mass is 19.1. The molecule has 0 fully saturated rings. The van der Waals surface area contributed by atoms with Crippen molar-refractivity contribution in [3.8, 4) is 5.75 Å². The minimum absolute atomic E-state index is 0.0523. The minimum Gasteiger partial charge on any atom is -0.493 e. The Hall–Kier alpha value is -1.13. The first-order valence-electron chi connectivity index (χ1n) is 4.46. The van der Waals surface area contributed by atoms with Crippen molar-refractivity contribution >= 4 is 0 Å². The average Bonchev–Trinajstić information content (AvgIpc) is 2.17. The van der Waals surface area contributed by atoms with Crippen LogP contribution >= 0.6 is 0 Å². The lowest BCUT2D eigenvalue weighted by molar-refractivity contribution is 0.0506. The van der Waals surface area contributed by atoms with Gasteiger partial charge in [-0.3, -0.25) is 0 Å². The number of ether oxygens (including phenoxy) is 1. The van der Waals surface area contributed by atoms with Crippen molar-refractivity contribution in [3.05, 3.63) is 30.1 Å². The molecule has 0 saturated heterocycles. The molecule has 2 N–H and O–H groups in total. The Morgan fingerprint density at radius 3 is 2.93 bits per heavy atom. The molecule has 0 aromatic heterocycles. The molecule has 0 radical (unpaired) electrons. The first-order chi connectivity index (χ1) is 6.72. The van der Waals surface area contributed by atoms with E-state index in [9.17, 15) is 4.39 Å². The van der Waals surface area contributed by atoms with E-state index in [0.717, 1.165) is 0 Å². The van der Waals surface area contributed by atoms with E-state index in [2.05, 4.69) is 4.84 Å². The smallest absolute Gasteiger partial charge is 0.126 e. The second kappa shape index (κ2) is 5.57. The number of hydrogen-bond donors (Lipinski definition) is 1. The molecule has 1 aromatic carbocycles. The predicted octanol–water partition coefficient (Wildman–Crippen LogP) is 1.87. The quantitative estimate of drug-likeness (QED) is 0.736. The largest absolute Gasteiger partial charge is 0.493 e. The summed E-state index contributed by atoms with van der Waals surface area (Å²) >= 11 is 0. The zero-order valence-electron chi connectivity index (χ0n) is 8.07. The maximum absolute atomic E-state index is 12.7. The van der Waals surface area contributed by atoms with Crippen molar-refractivity contribution in [2.75, 3.05) is 6.61 Å². The van der Waals surface area contributed by atoms with Gasteiger partial charge in [0.25, 0.3) is 0 Å². The molecule has 0 aliphatic rings. The van der Waals surface area contributed by atoms with Crippen molar-refractivity contribution in [1.82, 2.24) is 0 Å². The summed E-state index contributed by atoms with van der Waals surface area (Å²) in [6, 6.07) is 6.02. The fraction of sp³-hybridized carbons (Fsp3) is 0.400. The monoisotopic (exact) mass is 199 g/mol. The summed E-state index contributed by atoms with van der Waals surface area (Å²) in [5.74, 6) is 5.18. The fourth-order valence-corrected chi connectivity index (χ4v) is 0.968. The van der Waals surface area contributed by atoms with Crippen LogP contribution in [-0.2, 0) is 4.84 Å². The predicted molar refractivity (Wildman–Crippen MR) is 51.2 cm³/mol. The number of hydrogen-bond acceptors (Lipinski definition) is 3. The third-order valence-corrected chi connectivity index (χ3v) is 1.82. The lowest BCUT2D eigenvalue weighted by Crippen LogP contribution is -2.16. The van der Waals surface area contributed by atoms with Crippen LogP contribution in [0.5, 0.6) is 5.75 Å². The molecule has 1 atom stereocenters. The van der Waals surface area contributed by atoms with Gasteiger partial charge in [0, 0.05) is 12.5 Å². The van der Waals surface area contributed by atoms with E-state index in [-0.39, 0.29) is 11.9 Å². The van der Waals surface area contributed by atoms with E-state index in [1.807, 2.05) is 6.92 Å². The summed E-state index contributed by atoms with van der Waals surface area (Å²) in [5.41, 5.74) is 0. The summed E-state index contributed by atoms with van der Waals surface area (Å²) in [4.78, 5) is 4.56. The zero-order valence-corrected chi connectivity index (χ0v) is 8.07. The second-order valence-electron chi connectivity index (χ2n) is 3.04. The van der Waals surface area contributed by atoms with Crippen LogP contribution in [0.2, 0.25) is 0 Å². The third kappa shape index (κ3) is 3.72. The highest BCUT2D eigenvalue weighted by Crippen LogP contribution is 2.12. The van der Waals surface area contributed by atoms with Gasteiger partial charge in [-0.15, -0.1) is 0 Å². The van der Waals surface area contributed by atoms with Gasteiger partial charge in [-0.1, -0.05) is 6.07 Å². The van der Waals surface area contributed by atoms with Crippen molar-refractivity contribution in [1.29, 1.82) is 0 Å². The Morgan fingerprint density at radius 1 is 1.50 bits per heavy atom. The van der Waals surface area contributed by atoms with Crippen molar-refractivity contribution in [3.63, 3.8) is 0 Å². The number of halogens is 1. The van der Waals surface area contributed by atoms with Gasteiger partial charge in [-0.25, -0.2) is 10.3 Å². The zero-order chi connectivity index (χ0) is 10.4. The van der Waals surface area contributed by atoms with Crippen LogP contribution < -0.4 is 10.6 Å². The molecule has 0 heterocycles. The third-order valence-electron chi connectivity index (χ3n) is 1.82. The van der Waals surface area contributed by atoms with E-state index in [4.69, 9.17) is 10.6 Å². The molecule has 14 heavy (non-hydrogen) atoms. The lowest BCUT2D eigenvalue weighted by atomic mass is 10.3. The highest BCUT2D eigenvalue weighted by molar-refractivity contribution is 5.22.